The Morgan fingerprint density at radius 1 is 1.12 bits per heavy atom. The number of thiophene rings is 2. The SMILES string of the molecule is O=C(NCC(F)(F)F)N1CCN(C(=O)c2cc3sccc3s2)CC1. The summed E-state index contributed by atoms with van der Waals surface area (Å²) >= 11 is 3.00. The molecule has 0 aliphatic carbocycles. The first-order valence-corrected chi connectivity index (χ1v) is 8.89. The molecule has 3 amide bonds. The number of amides is 3. The minimum absolute atomic E-state index is 0.0984. The molecule has 1 aliphatic rings. The number of halogens is 3. The maximum absolute atomic E-state index is 12.5. The molecule has 1 fully saturated rings. The fourth-order valence-corrected chi connectivity index (χ4v) is 4.50. The van der Waals surface area contributed by atoms with E-state index in [2.05, 4.69) is 0 Å². The van der Waals surface area contributed by atoms with Crippen molar-refractivity contribution in [1.29, 1.82) is 0 Å². The molecule has 2 aromatic heterocycles. The van der Waals surface area contributed by atoms with Crippen molar-refractivity contribution in [2.75, 3.05) is 32.7 Å². The summed E-state index contributed by atoms with van der Waals surface area (Å²) < 4.78 is 38.5. The van der Waals surface area contributed by atoms with Gasteiger partial charge in [-0.1, -0.05) is 0 Å². The number of nitrogens with zero attached hydrogens (tertiary/aromatic N) is 2. The van der Waals surface area contributed by atoms with Crippen LogP contribution in [0.4, 0.5) is 18.0 Å². The molecule has 5 nitrogen and oxygen atoms in total. The molecule has 0 saturated carbocycles. The van der Waals surface area contributed by atoms with Crippen molar-refractivity contribution in [1.82, 2.24) is 15.1 Å². The molecule has 3 heterocycles. The molecule has 0 atom stereocenters. The smallest absolute Gasteiger partial charge is 0.334 e. The maximum Gasteiger partial charge on any atom is 0.405 e. The number of hydrogen-bond donors (Lipinski definition) is 1. The lowest BCUT2D eigenvalue weighted by molar-refractivity contribution is -0.123. The van der Waals surface area contributed by atoms with Gasteiger partial charge in [0, 0.05) is 35.6 Å². The highest BCUT2D eigenvalue weighted by molar-refractivity contribution is 7.27. The molecule has 0 bridgehead atoms. The van der Waals surface area contributed by atoms with Crippen molar-refractivity contribution >= 4 is 44.0 Å². The summed E-state index contributed by atoms with van der Waals surface area (Å²) in [6.45, 7) is -0.297. The number of carbonyl (C=O) groups is 2. The van der Waals surface area contributed by atoms with Crippen LogP contribution in [-0.4, -0.2) is 60.6 Å². The van der Waals surface area contributed by atoms with E-state index in [9.17, 15) is 22.8 Å². The summed E-state index contributed by atoms with van der Waals surface area (Å²) in [6.07, 6.45) is -4.43. The van der Waals surface area contributed by atoms with Crippen LogP contribution in [0.1, 0.15) is 9.67 Å². The lowest BCUT2D eigenvalue weighted by Gasteiger charge is -2.34. The zero-order valence-corrected chi connectivity index (χ0v) is 14.1. The first-order chi connectivity index (χ1) is 11.3. The Bertz CT molecular complexity index is 719. The average molecular weight is 377 g/mol. The van der Waals surface area contributed by atoms with Gasteiger partial charge in [-0.05, 0) is 17.5 Å². The fourth-order valence-electron chi connectivity index (χ4n) is 2.43. The van der Waals surface area contributed by atoms with E-state index in [1.165, 1.54) is 16.2 Å². The zero-order chi connectivity index (χ0) is 17.3. The van der Waals surface area contributed by atoms with E-state index < -0.39 is 18.8 Å². The average Bonchev–Trinajstić information content (AvgIpc) is 3.13. The number of piperazine rings is 1. The molecular weight excluding hydrogens is 363 g/mol. The van der Waals surface area contributed by atoms with Crippen molar-refractivity contribution in [3.8, 4) is 0 Å². The molecule has 1 aliphatic heterocycles. The predicted molar refractivity (Wildman–Crippen MR) is 86.6 cm³/mol. The van der Waals surface area contributed by atoms with E-state index >= 15 is 0 Å². The summed E-state index contributed by atoms with van der Waals surface area (Å²) in [5, 5.41) is 3.81. The molecule has 0 unspecified atom stereocenters. The van der Waals surface area contributed by atoms with Gasteiger partial charge in [-0.3, -0.25) is 4.79 Å². The first-order valence-electron chi connectivity index (χ1n) is 7.19. The van der Waals surface area contributed by atoms with E-state index in [-0.39, 0.29) is 19.0 Å². The van der Waals surface area contributed by atoms with Gasteiger partial charge >= 0.3 is 12.2 Å². The molecular formula is C14H14F3N3O2S2. The molecule has 0 spiro atoms. The van der Waals surface area contributed by atoms with Gasteiger partial charge in [0.15, 0.2) is 0 Å². The summed E-state index contributed by atoms with van der Waals surface area (Å²) in [6, 6.07) is 3.07. The van der Waals surface area contributed by atoms with Gasteiger partial charge in [0.2, 0.25) is 0 Å². The molecule has 3 rings (SSSR count). The molecule has 1 N–H and O–H groups in total. The molecule has 10 heteroatoms. The standard InChI is InChI=1S/C14H14F3N3O2S2/c15-14(16,17)8-18-13(22)20-4-2-19(3-5-20)12(21)11-7-10-9(24-11)1-6-23-10/h1,6-7H,2-5,8H2,(H,18,22). The first kappa shape index (κ1) is 17.0. The number of carbonyl (C=O) groups excluding carboxylic acids is 2. The lowest BCUT2D eigenvalue weighted by atomic mass is 10.3. The third-order valence-electron chi connectivity index (χ3n) is 3.64. The normalized spacial score (nSPS) is 15.8. The fraction of sp³-hybridized carbons (Fsp3) is 0.429. The second-order valence-electron chi connectivity index (χ2n) is 5.31. The highest BCUT2D eigenvalue weighted by atomic mass is 32.1. The van der Waals surface area contributed by atoms with Crippen molar-refractivity contribution in [2.45, 2.75) is 6.18 Å². The Hall–Kier alpha value is -1.81. The van der Waals surface area contributed by atoms with E-state index in [1.807, 2.05) is 22.8 Å². The zero-order valence-electron chi connectivity index (χ0n) is 12.4. The van der Waals surface area contributed by atoms with Crippen LogP contribution in [0.3, 0.4) is 0 Å². The maximum atomic E-state index is 12.5. The number of hydrogen-bond acceptors (Lipinski definition) is 4. The van der Waals surface area contributed by atoms with E-state index in [1.54, 1.807) is 16.2 Å². The van der Waals surface area contributed by atoms with Crippen molar-refractivity contribution in [3.05, 3.63) is 22.4 Å². The molecule has 2 aromatic rings. The van der Waals surface area contributed by atoms with E-state index in [0.29, 0.717) is 18.0 Å². The van der Waals surface area contributed by atoms with Gasteiger partial charge in [0.1, 0.15) is 6.54 Å². The number of nitrogens with one attached hydrogen (secondary N) is 1. The molecule has 130 valence electrons. The van der Waals surface area contributed by atoms with Crippen LogP contribution < -0.4 is 5.32 Å². The van der Waals surface area contributed by atoms with E-state index in [0.717, 1.165) is 9.40 Å². The van der Waals surface area contributed by atoms with Crippen molar-refractivity contribution in [2.24, 2.45) is 0 Å². The Labute approximate surface area is 143 Å². The van der Waals surface area contributed by atoms with Crippen molar-refractivity contribution in [3.63, 3.8) is 0 Å². The lowest BCUT2D eigenvalue weighted by Crippen LogP contribution is -2.54. The van der Waals surface area contributed by atoms with Crippen LogP contribution in [0.2, 0.25) is 0 Å². The minimum atomic E-state index is -4.43. The van der Waals surface area contributed by atoms with Crippen molar-refractivity contribution < 1.29 is 22.8 Å². The third kappa shape index (κ3) is 3.81. The molecule has 24 heavy (non-hydrogen) atoms. The van der Waals surface area contributed by atoms with Crippen LogP contribution in [0.25, 0.3) is 9.40 Å². The van der Waals surface area contributed by atoms with Crippen LogP contribution in [0.15, 0.2) is 17.5 Å². The van der Waals surface area contributed by atoms with Gasteiger partial charge in [-0.25, -0.2) is 4.79 Å². The Balaban J connectivity index is 1.53. The second kappa shape index (κ2) is 6.60. The van der Waals surface area contributed by atoms with Gasteiger partial charge in [0.25, 0.3) is 5.91 Å². The highest BCUT2D eigenvalue weighted by Gasteiger charge is 2.30. The summed E-state index contributed by atoms with van der Waals surface area (Å²) in [5.41, 5.74) is 0. The largest absolute Gasteiger partial charge is 0.405 e. The van der Waals surface area contributed by atoms with Gasteiger partial charge < -0.3 is 15.1 Å². The summed E-state index contributed by atoms with van der Waals surface area (Å²) in [7, 11) is 0. The van der Waals surface area contributed by atoms with Crippen LogP contribution >= 0.6 is 22.7 Å². The van der Waals surface area contributed by atoms with Gasteiger partial charge in [-0.2, -0.15) is 13.2 Å². The summed E-state index contributed by atoms with van der Waals surface area (Å²) in [5.74, 6) is -0.0984. The second-order valence-corrected chi connectivity index (χ2v) is 7.34. The highest BCUT2D eigenvalue weighted by Crippen LogP contribution is 2.30. The van der Waals surface area contributed by atoms with Crippen LogP contribution in [-0.2, 0) is 0 Å². The Morgan fingerprint density at radius 2 is 1.79 bits per heavy atom. The topological polar surface area (TPSA) is 52.7 Å². The van der Waals surface area contributed by atoms with Crippen LogP contribution in [0.5, 0.6) is 0 Å². The quantitative estimate of drug-likeness (QED) is 0.875. The molecule has 1 saturated heterocycles. The van der Waals surface area contributed by atoms with Crippen LogP contribution in [0, 0.1) is 0 Å². The minimum Gasteiger partial charge on any atom is -0.334 e. The van der Waals surface area contributed by atoms with Gasteiger partial charge in [-0.15, -0.1) is 22.7 Å². The summed E-state index contributed by atoms with van der Waals surface area (Å²) in [4.78, 5) is 27.7. The Morgan fingerprint density at radius 3 is 2.42 bits per heavy atom. The monoisotopic (exact) mass is 377 g/mol. The van der Waals surface area contributed by atoms with Gasteiger partial charge in [0.05, 0.1) is 4.88 Å². The predicted octanol–water partition coefficient (Wildman–Crippen LogP) is 2.99. The molecule has 0 radical (unpaired) electrons. The number of rotatable bonds is 2. The Kier molecular flexibility index (Phi) is 4.68. The molecule has 0 aromatic carbocycles. The number of alkyl halides is 3. The number of fused-ring (bicyclic) bond motifs is 1. The third-order valence-corrected chi connectivity index (χ3v) is 5.73. The number of urea groups is 1. The van der Waals surface area contributed by atoms with E-state index in [4.69, 9.17) is 0 Å².